The Bertz CT molecular complexity index is 1020. The summed E-state index contributed by atoms with van der Waals surface area (Å²) in [6.45, 7) is 7.83. The molecule has 0 atom stereocenters. The molecule has 0 saturated heterocycles. The van der Waals surface area contributed by atoms with Crippen molar-refractivity contribution in [2.45, 2.75) is 40.3 Å². The highest BCUT2D eigenvalue weighted by Gasteiger charge is 2.22. The maximum Gasteiger partial charge on any atom is 0.337 e. The fraction of sp³-hybridized carbons (Fsp3) is 0.292. The molecule has 0 fully saturated rings. The Morgan fingerprint density at radius 1 is 1.00 bits per heavy atom. The van der Waals surface area contributed by atoms with Crippen LogP contribution in [0.4, 0.5) is 0 Å². The quantitative estimate of drug-likeness (QED) is 0.505. The molecule has 0 saturated carbocycles. The van der Waals surface area contributed by atoms with Crippen LogP contribution in [-0.4, -0.2) is 22.2 Å². The third-order valence-electron chi connectivity index (χ3n) is 5.54. The largest absolute Gasteiger partial charge is 0.478 e. The third kappa shape index (κ3) is 4.72. The summed E-state index contributed by atoms with van der Waals surface area (Å²) >= 11 is 6.32. The van der Waals surface area contributed by atoms with Crippen molar-refractivity contribution in [2.75, 3.05) is 6.54 Å². The molecule has 1 heterocycles. The number of aromatic carboxylic acids is 1. The van der Waals surface area contributed by atoms with Gasteiger partial charge in [0.05, 0.1) is 5.56 Å². The molecule has 4 nitrogen and oxygen atoms in total. The second kappa shape index (κ2) is 9.29. The molecule has 0 unspecified atom stereocenters. The van der Waals surface area contributed by atoms with Crippen molar-refractivity contribution in [3.63, 3.8) is 0 Å². The van der Waals surface area contributed by atoms with Gasteiger partial charge in [-0.25, -0.2) is 4.79 Å². The van der Waals surface area contributed by atoms with Crippen molar-refractivity contribution in [3.05, 3.63) is 92.8 Å². The predicted octanol–water partition coefficient (Wildman–Crippen LogP) is 5.15. The van der Waals surface area contributed by atoms with Crippen LogP contribution < -0.4 is 5.32 Å². The predicted molar refractivity (Wildman–Crippen MR) is 118 cm³/mol. The number of rotatable bonds is 8. The number of nitrogens with zero attached hydrogens (tertiary/aromatic N) is 1. The summed E-state index contributed by atoms with van der Waals surface area (Å²) in [6, 6.07) is 16.0. The van der Waals surface area contributed by atoms with Gasteiger partial charge in [0.2, 0.25) is 0 Å². The van der Waals surface area contributed by atoms with E-state index in [-0.39, 0.29) is 0 Å². The fourth-order valence-electron chi connectivity index (χ4n) is 3.81. The van der Waals surface area contributed by atoms with Crippen molar-refractivity contribution in [1.82, 2.24) is 9.88 Å². The Morgan fingerprint density at radius 3 is 2.31 bits per heavy atom. The molecule has 29 heavy (non-hydrogen) atoms. The Hall–Kier alpha value is -2.56. The van der Waals surface area contributed by atoms with Crippen LogP contribution in [0.15, 0.2) is 48.5 Å². The van der Waals surface area contributed by atoms with Gasteiger partial charge >= 0.3 is 5.97 Å². The number of nitrogens with one attached hydrogen (secondary N) is 1. The molecule has 1 aromatic heterocycles. The number of hydrogen-bond donors (Lipinski definition) is 2. The first-order valence-corrected chi connectivity index (χ1v) is 10.2. The third-order valence-corrected chi connectivity index (χ3v) is 5.91. The van der Waals surface area contributed by atoms with Crippen LogP contribution in [0, 0.1) is 20.8 Å². The highest BCUT2D eigenvalue weighted by molar-refractivity contribution is 6.31. The minimum absolute atomic E-state index is 0.387. The molecule has 0 amide bonds. The summed E-state index contributed by atoms with van der Waals surface area (Å²) in [5, 5.41) is 13.9. The molecule has 0 aliphatic heterocycles. The van der Waals surface area contributed by atoms with E-state index in [1.165, 1.54) is 11.1 Å². The van der Waals surface area contributed by atoms with Gasteiger partial charge in [0.15, 0.2) is 0 Å². The van der Waals surface area contributed by atoms with E-state index in [1.807, 2.05) is 54.8 Å². The van der Waals surface area contributed by atoms with E-state index in [0.29, 0.717) is 23.7 Å². The van der Waals surface area contributed by atoms with Gasteiger partial charge in [0.25, 0.3) is 0 Å². The second-order valence-corrected chi connectivity index (χ2v) is 7.77. The minimum Gasteiger partial charge on any atom is -0.478 e. The van der Waals surface area contributed by atoms with Gasteiger partial charge < -0.3 is 15.0 Å². The van der Waals surface area contributed by atoms with Crippen LogP contribution in [0.1, 0.15) is 44.0 Å². The summed E-state index contributed by atoms with van der Waals surface area (Å²) in [7, 11) is 0. The summed E-state index contributed by atoms with van der Waals surface area (Å²) in [5.41, 5.74) is 6.51. The number of aromatic nitrogens is 1. The standard InChI is InChI=1S/C24H27ClN2O2/c1-16-8-4-5-9-19(16)12-13-26-14-21-17(2)27(18(3)23(21)24(28)29)15-20-10-6-7-11-22(20)25/h4-11,26H,12-15H2,1-3H3,(H,28,29). The van der Waals surface area contributed by atoms with Gasteiger partial charge in [-0.1, -0.05) is 54.1 Å². The van der Waals surface area contributed by atoms with Gasteiger partial charge in [-0.2, -0.15) is 0 Å². The van der Waals surface area contributed by atoms with Crippen molar-refractivity contribution < 1.29 is 9.90 Å². The van der Waals surface area contributed by atoms with Crippen LogP contribution in [0.5, 0.6) is 0 Å². The molecule has 152 valence electrons. The zero-order valence-electron chi connectivity index (χ0n) is 17.1. The molecule has 2 N–H and O–H groups in total. The molecule has 3 aromatic rings. The number of carboxylic acids is 1. The lowest BCUT2D eigenvalue weighted by atomic mass is 10.1. The van der Waals surface area contributed by atoms with Gasteiger partial charge in [-0.3, -0.25) is 0 Å². The Labute approximate surface area is 177 Å². The summed E-state index contributed by atoms with van der Waals surface area (Å²) in [6.07, 6.45) is 0.910. The van der Waals surface area contributed by atoms with Crippen LogP contribution >= 0.6 is 11.6 Å². The fourth-order valence-corrected chi connectivity index (χ4v) is 4.01. The zero-order chi connectivity index (χ0) is 21.0. The van der Waals surface area contributed by atoms with Crippen LogP contribution in [0.3, 0.4) is 0 Å². The molecule has 2 aromatic carbocycles. The molecule has 0 aliphatic carbocycles. The van der Waals surface area contributed by atoms with E-state index in [1.54, 1.807) is 0 Å². The number of benzene rings is 2. The summed E-state index contributed by atoms with van der Waals surface area (Å²) in [4.78, 5) is 12.0. The first-order valence-electron chi connectivity index (χ1n) is 9.80. The highest BCUT2D eigenvalue weighted by atomic mass is 35.5. The topological polar surface area (TPSA) is 54.3 Å². The number of carboxylic acid groups (broad SMARTS) is 1. The van der Waals surface area contributed by atoms with E-state index < -0.39 is 5.97 Å². The van der Waals surface area contributed by atoms with Crippen molar-refractivity contribution in [3.8, 4) is 0 Å². The lowest BCUT2D eigenvalue weighted by molar-refractivity contribution is 0.0694. The van der Waals surface area contributed by atoms with E-state index in [9.17, 15) is 9.90 Å². The maximum atomic E-state index is 12.0. The monoisotopic (exact) mass is 410 g/mol. The zero-order valence-corrected chi connectivity index (χ0v) is 17.9. The first-order chi connectivity index (χ1) is 13.9. The van der Waals surface area contributed by atoms with Crippen LogP contribution in [-0.2, 0) is 19.5 Å². The van der Waals surface area contributed by atoms with E-state index in [0.717, 1.165) is 35.5 Å². The normalized spacial score (nSPS) is 11.0. The van der Waals surface area contributed by atoms with E-state index in [2.05, 4.69) is 24.4 Å². The SMILES string of the molecule is Cc1ccccc1CCNCc1c(C(=O)O)c(C)n(Cc2ccccc2Cl)c1C. The lowest BCUT2D eigenvalue weighted by Crippen LogP contribution is -2.19. The Balaban J connectivity index is 1.78. The van der Waals surface area contributed by atoms with Gasteiger partial charge in [-0.15, -0.1) is 0 Å². The van der Waals surface area contributed by atoms with Gasteiger partial charge in [-0.05, 0) is 56.5 Å². The van der Waals surface area contributed by atoms with E-state index in [4.69, 9.17) is 11.6 Å². The smallest absolute Gasteiger partial charge is 0.337 e. The van der Waals surface area contributed by atoms with Crippen molar-refractivity contribution in [2.24, 2.45) is 0 Å². The van der Waals surface area contributed by atoms with Gasteiger partial charge in [0.1, 0.15) is 0 Å². The summed E-state index contributed by atoms with van der Waals surface area (Å²) in [5.74, 6) is -0.890. The lowest BCUT2D eigenvalue weighted by Gasteiger charge is -2.12. The molecule has 0 spiro atoms. The van der Waals surface area contributed by atoms with Crippen molar-refractivity contribution in [1.29, 1.82) is 0 Å². The van der Waals surface area contributed by atoms with E-state index >= 15 is 0 Å². The molecule has 0 bridgehead atoms. The molecular formula is C24H27ClN2O2. The van der Waals surface area contributed by atoms with Crippen molar-refractivity contribution >= 4 is 17.6 Å². The number of hydrogen-bond acceptors (Lipinski definition) is 2. The molecular weight excluding hydrogens is 384 g/mol. The summed E-state index contributed by atoms with van der Waals surface area (Å²) < 4.78 is 2.04. The molecule has 3 rings (SSSR count). The van der Waals surface area contributed by atoms with Crippen LogP contribution in [0.2, 0.25) is 5.02 Å². The Morgan fingerprint density at radius 2 is 1.66 bits per heavy atom. The second-order valence-electron chi connectivity index (χ2n) is 7.36. The average Bonchev–Trinajstić information content (AvgIpc) is 2.92. The Kier molecular flexibility index (Phi) is 6.78. The average molecular weight is 411 g/mol. The van der Waals surface area contributed by atoms with Crippen LogP contribution in [0.25, 0.3) is 0 Å². The molecule has 5 heteroatoms. The first kappa shape index (κ1) is 21.2. The highest BCUT2D eigenvalue weighted by Crippen LogP contribution is 2.25. The maximum absolute atomic E-state index is 12.0. The number of halogens is 1. The number of aryl methyl sites for hydroxylation is 1. The molecule has 0 radical (unpaired) electrons. The number of carbonyl (C=O) groups is 1. The minimum atomic E-state index is -0.890. The molecule has 0 aliphatic rings. The van der Waals surface area contributed by atoms with Gasteiger partial charge in [0, 0.05) is 35.1 Å².